The van der Waals surface area contributed by atoms with E-state index in [1.165, 1.54) is 25.2 Å². The monoisotopic (exact) mass is 422 g/mol. The van der Waals surface area contributed by atoms with Crippen LogP contribution < -0.4 is 10.4 Å². The van der Waals surface area contributed by atoms with Crippen LogP contribution in [0.15, 0.2) is 52.2 Å². The standard InChI is InChI=1S/C19H17F3N4O2S/c1-25-18(27)26(24-23-25)15-6-4-8-17(29-19(20,21)22)14(15)11-28-16-7-3-2-5-13(16)12-9-10-12/h2-8,12H,9-11H2,1H3. The minimum absolute atomic E-state index is 0.0449. The number of ether oxygens (including phenoxy) is 1. The van der Waals surface area contributed by atoms with E-state index < -0.39 is 11.2 Å². The van der Waals surface area contributed by atoms with Crippen LogP contribution in [-0.4, -0.2) is 25.3 Å². The molecule has 29 heavy (non-hydrogen) atoms. The molecule has 1 saturated carbocycles. The number of tetrazole rings is 1. The van der Waals surface area contributed by atoms with Crippen molar-refractivity contribution in [3.8, 4) is 11.4 Å². The summed E-state index contributed by atoms with van der Waals surface area (Å²) >= 11 is -0.244. The molecule has 1 aliphatic carbocycles. The number of halogens is 3. The Balaban J connectivity index is 1.73. The van der Waals surface area contributed by atoms with Crippen molar-refractivity contribution in [3.63, 3.8) is 0 Å². The highest BCUT2D eigenvalue weighted by Crippen LogP contribution is 2.45. The van der Waals surface area contributed by atoms with Crippen LogP contribution in [0, 0.1) is 0 Å². The molecule has 3 aromatic rings. The Bertz CT molecular complexity index is 1090. The van der Waals surface area contributed by atoms with Gasteiger partial charge in [-0.1, -0.05) is 24.3 Å². The molecule has 10 heteroatoms. The molecule has 0 spiro atoms. The largest absolute Gasteiger partial charge is 0.488 e. The summed E-state index contributed by atoms with van der Waals surface area (Å²) in [5.74, 6) is 1.06. The third-order valence-electron chi connectivity index (χ3n) is 4.59. The van der Waals surface area contributed by atoms with Crippen molar-refractivity contribution in [2.24, 2.45) is 7.05 Å². The molecule has 0 unspecified atom stereocenters. The fourth-order valence-corrected chi connectivity index (χ4v) is 3.76. The zero-order valence-corrected chi connectivity index (χ0v) is 16.2. The lowest BCUT2D eigenvalue weighted by Gasteiger charge is -2.17. The number of hydrogen-bond acceptors (Lipinski definition) is 5. The quantitative estimate of drug-likeness (QED) is 0.561. The van der Waals surface area contributed by atoms with Crippen molar-refractivity contribution in [2.75, 3.05) is 0 Å². The van der Waals surface area contributed by atoms with Gasteiger partial charge in [-0.2, -0.15) is 22.5 Å². The molecule has 1 aliphatic rings. The van der Waals surface area contributed by atoms with Gasteiger partial charge < -0.3 is 4.74 Å². The van der Waals surface area contributed by atoms with Gasteiger partial charge in [-0.3, -0.25) is 0 Å². The van der Waals surface area contributed by atoms with E-state index in [-0.39, 0.29) is 34.5 Å². The number of benzene rings is 2. The van der Waals surface area contributed by atoms with Gasteiger partial charge in [0, 0.05) is 17.5 Å². The smallest absolute Gasteiger partial charge is 0.446 e. The summed E-state index contributed by atoms with van der Waals surface area (Å²) in [4.78, 5) is 12.2. The van der Waals surface area contributed by atoms with Gasteiger partial charge in [0.1, 0.15) is 12.4 Å². The predicted molar refractivity (Wildman–Crippen MR) is 101 cm³/mol. The van der Waals surface area contributed by atoms with E-state index in [4.69, 9.17) is 4.74 Å². The van der Waals surface area contributed by atoms with Crippen molar-refractivity contribution >= 4 is 11.8 Å². The summed E-state index contributed by atoms with van der Waals surface area (Å²) in [7, 11) is 1.42. The van der Waals surface area contributed by atoms with E-state index in [1.807, 2.05) is 18.2 Å². The highest BCUT2D eigenvalue weighted by atomic mass is 32.2. The average molecular weight is 422 g/mol. The molecule has 0 aliphatic heterocycles. The lowest BCUT2D eigenvalue weighted by Crippen LogP contribution is -2.23. The van der Waals surface area contributed by atoms with Crippen LogP contribution in [0.4, 0.5) is 13.2 Å². The molecular formula is C19H17F3N4O2S. The Morgan fingerprint density at radius 2 is 1.90 bits per heavy atom. The Labute approximate surface area is 168 Å². The second-order valence-electron chi connectivity index (χ2n) is 6.70. The maximum absolute atomic E-state index is 13.1. The first-order valence-corrected chi connectivity index (χ1v) is 9.74. The zero-order chi connectivity index (χ0) is 20.6. The van der Waals surface area contributed by atoms with Crippen molar-refractivity contribution in [3.05, 3.63) is 64.1 Å². The van der Waals surface area contributed by atoms with E-state index in [0.717, 1.165) is 27.8 Å². The number of thioether (sulfide) groups is 1. The summed E-state index contributed by atoms with van der Waals surface area (Å²) in [6.07, 6.45) is 2.14. The van der Waals surface area contributed by atoms with Crippen LogP contribution in [0.25, 0.3) is 5.69 Å². The maximum Gasteiger partial charge on any atom is 0.446 e. The summed E-state index contributed by atoms with van der Waals surface area (Å²) < 4.78 is 47.2. The summed E-state index contributed by atoms with van der Waals surface area (Å²) in [6.45, 7) is -0.138. The van der Waals surface area contributed by atoms with Gasteiger partial charge in [0.15, 0.2) is 0 Å². The lowest BCUT2D eigenvalue weighted by atomic mass is 10.1. The van der Waals surface area contributed by atoms with Gasteiger partial charge in [0.05, 0.1) is 5.69 Å². The zero-order valence-electron chi connectivity index (χ0n) is 15.4. The molecule has 0 atom stereocenters. The van der Waals surface area contributed by atoms with Crippen LogP contribution in [0.2, 0.25) is 0 Å². The third-order valence-corrected chi connectivity index (χ3v) is 5.43. The second kappa shape index (κ2) is 7.58. The van der Waals surface area contributed by atoms with E-state index >= 15 is 0 Å². The molecule has 6 nitrogen and oxygen atoms in total. The molecule has 1 heterocycles. The lowest BCUT2D eigenvalue weighted by molar-refractivity contribution is -0.0328. The summed E-state index contributed by atoms with van der Waals surface area (Å²) in [6, 6.07) is 11.9. The van der Waals surface area contributed by atoms with Gasteiger partial charge in [0.25, 0.3) is 0 Å². The van der Waals surface area contributed by atoms with Crippen molar-refractivity contribution < 1.29 is 17.9 Å². The number of hydrogen-bond donors (Lipinski definition) is 0. The van der Waals surface area contributed by atoms with Crippen molar-refractivity contribution in [1.82, 2.24) is 19.8 Å². The number of para-hydroxylation sites is 1. The fraction of sp³-hybridized carbons (Fsp3) is 0.316. The van der Waals surface area contributed by atoms with Crippen LogP contribution in [0.1, 0.15) is 29.9 Å². The van der Waals surface area contributed by atoms with Crippen molar-refractivity contribution in [2.45, 2.75) is 35.8 Å². The Morgan fingerprint density at radius 1 is 1.14 bits per heavy atom. The molecular weight excluding hydrogens is 405 g/mol. The highest BCUT2D eigenvalue weighted by molar-refractivity contribution is 8.00. The van der Waals surface area contributed by atoms with Crippen LogP contribution in [0.5, 0.6) is 5.75 Å². The average Bonchev–Trinajstić information content (AvgIpc) is 3.46. The molecule has 1 aromatic heterocycles. The molecule has 152 valence electrons. The number of alkyl halides is 3. The Kier molecular flexibility index (Phi) is 5.12. The van der Waals surface area contributed by atoms with E-state index in [9.17, 15) is 18.0 Å². The van der Waals surface area contributed by atoms with Gasteiger partial charge >= 0.3 is 11.2 Å². The highest BCUT2D eigenvalue weighted by Gasteiger charge is 2.32. The summed E-state index contributed by atoms with van der Waals surface area (Å²) in [5.41, 5.74) is -3.55. The first-order chi connectivity index (χ1) is 13.8. The van der Waals surface area contributed by atoms with Crippen LogP contribution >= 0.6 is 11.8 Å². The molecule has 0 bridgehead atoms. The Hall–Kier alpha value is -2.75. The molecule has 0 amide bonds. The van der Waals surface area contributed by atoms with Gasteiger partial charge in [-0.15, -0.1) is 0 Å². The second-order valence-corrected chi connectivity index (χ2v) is 7.81. The first-order valence-electron chi connectivity index (χ1n) is 8.92. The minimum Gasteiger partial charge on any atom is -0.488 e. The third kappa shape index (κ3) is 4.31. The minimum atomic E-state index is -4.48. The predicted octanol–water partition coefficient (Wildman–Crippen LogP) is 4.03. The molecule has 0 radical (unpaired) electrons. The number of aryl methyl sites for hydroxylation is 1. The van der Waals surface area contributed by atoms with E-state index in [1.54, 1.807) is 6.07 Å². The molecule has 0 N–H and O–H groups in total. The van der Waals surface area contributed by atoms with E-state index in [2.05, 4.69) is 10.4 Å². The van der Waals surface area contributed by atoms with Gasteiger partial charge in [-0.05, 0) is 64.7 Å². The number of aromatic nitrogens is 4. The van der Waals surface area contributed by atoms with Crippen molar-refractivity contribution in [1.29, 1.82) is 0 Å². The number of rotatable bonds is 6. The molecule has 0 saturated heterocycles. The first kappa shape index (κ1) is 19.6. The van der Waals surface area contributed by atoms with Gasteiger partial charge in [-0.25, -0.2) is 4.79 Å². The summed E-state index contributed by atoms with van der Waals surface area (Å²) in [5, 5.41) is 7.41. The molecule has 4 rings (SSSR count). The maximum atomic E-state index is 13.1. The Morgan fingerprint density at radius 3 is 2.55 bits per heavy atom. The normalized spacial score (nSPS) is 14.2. The molecule has 1 fully saturated rings. The molecule has 2 aromatic carbocycles. The topological polar surface area (TPSA) is 61.9 Å². The van der Waals surface area contributed by atoms with Gasteiger partial charge in [0.2, 0.25) is 0 Å². The fourth-order valence-electron chi connectivity index (χ4n) is 3.08. The van der Waals surface area contributed by atoms with Crippen LogP contribution in [0.3, 0.4) is 0 Å². The number of nitrogens with zero attached hydrogens (tertiary/aromatic N) is 4. The van der Waals surface area contributed by atoms with E-state index in [0.29, 0.717) is 11.7 Å². The SMILES string of the molecule is Cn1nnn(-c2cccc(SC(F)(F)F)c2COc2ccccc2C2CC2)c1=O. The van der Waals surface area contributed by atoms with Crippen LogP contribution in [-0.2, 0) is 13.7 Å².